The molecule has 1 amide bonds. The van der Waals surface area contributed by atoms with Gasteiger partial charge in [-0.15, -0.1) is 0 Å². The van der Waals surface area contributed by atoms with Crippen molar-refractivity contribution >= 4 is 12.1 Å². The van der Waals surface area contributed by atoms with Crippen LogP contribution in [0.1, 0.15) is 58.9 Å². The normalized spacial score (nSPS) is 24.3. The lowest BCUT2D eigenvalue weighted by Gasteiger charge is -2.40. The molecule has 2 aliphatic rings. The minimum atomic E-state index is -0.468. The highest BCUT2D eigenvalue weighted by Gasteiger charge is 2.45. The summed E-state index contributed by atoms with van der Waals surface area (Å²) in [5.74, 6) is 1.05. The maximum atomic E-state index is 12.6. The van der Waals surface area contributed by atoms with Crippen LogP contribution in [0.5, 0.6) is 5.75 Å². The van der Waals surface area contributed by atoms with Gasteiger partial charge in [-0.05, 0) is 71.1 Å². The lowest BCUT2D eigenvalue weighted by Crippen LogP contribution is -2.55. The Hall–Kier alpha value is -2.44. The molecule has 0 radical (unpaired) electrons. The van der Waals surface area contributed by atoms with Crippen molar-refractivity contribution in [1.29, 1.82) is 0 Å². The fourth-order valence-corrected chi connectivity index (χ4v) is 4.19. The van der Waals surface area contributed by atoms with E-state index in [0.29, 0.717) is 6.54 Å². The molecule has 0 saturated carbocycles. The van der Waals surface area contributed by atoms with Gasteiger partial charge in [0.05, 0.1) is 6.54 Å². The summed E-state index contributed by atoms with van der Waals surface area (Å²) in [6.45, 7) is 9.11. The number of aliphatic imine (C=N–C) groups is 1. The van der Waals surface area contributed by atoms with Crippen molar-refractivity contribution in [3.05, 3.63) is 29.8 Å². The number of guanidine groups is 1. The number of ether oxygens (including phenoxy) is 1. The summed E-state index contributed by atoms with van der Waals surface area (Å²) in [5.41, 5.74) is 0.574. The van der Waals surface area contributed by atoms with E-state index >= 15 is 0 Å². The third kappa shape index (κ3) is 5.78. The monoisotopic (exact) mass is 402 g/mol. The molecule has 3 N–H and O–H groups in total. The lowest BCUT2D eigenvalue weighted by molar-refractivity contribution is 0.00545. The van der Waals surface area contributed by atoms with Gasteiger partial charge in [0.2, 0.25) is 0 Å². The number of phenols is 1. The van der Waals surface area contributed by atoms with Gasteiger partial charge in [-0.2, -0.15) is 0 Å². The van der Waals surface area contributed by atoms with E-state index in [1.165, 1.54) is 0 Å². The first-order valence-electron chi connectivity index (χ1n) is 10.6. The SMILES string of the molecule is CCNC(=NCc1ccc(O)cc1)NC1CC2CCC(C1)N2C(=O)OC(C)(C)C. The molecule has 2 saturated heterocycles. The summed E-state index contributed by atoms with van der Waals surface area (Å²) in [4.78, 5) is 19.3. The van der Waals surface area contributed by atoms with Crippen LogP contribution in [0.25, 0.3) is 0 Å². The number of phenolic OH excluding ortho intramolecular Hbond substituents is 1. The fourth-order valence-electron chi connectivity index (χ4n) is 4.19. The van der Waals surface area contributed by atoms with E-state index in [9.17, 15) is 9.90 Å². The van der Waals surface area contributed by atoms with Gasteiger partial charge in [0.1, 0.15) is 11.4 Å². The maximum absolute atomic E-state index is 12.6. The highest BCUT2D eigenvalue weighted by atomic mass is 16.6. The first-order valence-corrected chi connectivity index (χ1v) is 10.6. The number of nitrogens with one attached hydrogen (secondary N) is 2. The molecule has 160 valence electrons. The van der Waals surface area contributed by atoms with Crippen molar-refractivity contribution in [3.63, 3.8) is 0 Å². The van der Waals surface area contributed by atoms with Gasteiger partial charge in [-0.3, -0.25) is 0 Å². The number of carbonyl (C=O) groups is 1. The van der Waals surface area contributed by atoms with E-state index < -0.39 is 5.60 Å². The predicted molar refractivity (Wildman–Crippen MR) is 114 cm³/mol. The number of hydrogen-bond donors (Lipinski definition) is 3. The third-order valence-corrected chi connectivity index (χ3v) is 5.38. The summed E-state index contributed by atoms with van der Waals surface area (Å²) in [5, 5.41) is 16.3. The van der Waals surface area contributed by atoms with Crippen LogP contribution in [0.4, 0.5) is 4.79 Å². The Morgan fingerprint density at radius 2 is 1.83 bits per heavy atom. The van der Waals surface area contributed by atoms with Crippen LogP contribution in [-0.4, -0.2) is 52.3 Å². The molecule has 7 nitrogen and oxygen atoms in total. The molecular formula is C22H34N4O3. The topological polar surface area (TPSA) is 86.2 Å². The zero-order valence-electron chi connectivity index (χ0n) is 17.9. The van der Waals surface area contributed by atoms with E-state index in [1.54, 1.807) is 12.1 Å². The lowest BCUT2D eigenvalue weighted by atomic mass is 9.98. The van der Waals surface area contributed by atoms with Crippen LogP contribution in [0, 0.1) is 0 Å². The highest BCUT2D eigenvalue weighted by molar-refractivity contribution is 5.80. The number of nitrogens with zero attached hydrogens (tertiary/aromatic N) is 2. The number of fused-ring (bicyclic) bond motifs is 2. The first kappa shape index (κ1) is 21.3. The molecule has 0 aliphatic carbocycles. The van der Waals surface area contributed by atoms with Crippen molar-refractivity contribution in [2.45, 2.75) is 83.6 Å². The average Bonchev–Trinajstić information content (AvgIpc) is 2.91. The van der Waals surface area contributed by atoms with Gasteiger partial charge in [0.15, 0.2) is 5.96 Å². The smallest absolute Gasteiger partial charge is 0.410 e. The summed E-state index contributed by atoms with van der Waals surface area (Å²) >= 11 is 0. The molecule has 2 aliphatic heterocycles. The summed E-state index contributed by atoms with van der Waals surface area (Å²) in [6.07, 6.45) is 3.68. The van der Waals surface area contributed by atoms with E-state index in [4.69, 9.17) is 4.74 Å². The van der Waals surface area contributed by atoms with Crippen molar-refractivity contribution < 1.29 is 14.6 Å². The Morgan fingerprint density at radius 1 is 1.21 bits per heavy atom. The molecular weight excluding hydrogens is 368 g/mol. The van der Waals surface area contributed by atoms with Gasteiger partial charge in [-0.1, -0.05) is 12.1 Å². The van der Waals surface area contributed by atoms with Gasteiger partial charge in [0, 0.05) is 24.7 Å². The molecule has 29 heavy (non-hydrogen) atoms. The van der Waals surface area contributed by atoms with Crippen molar-refractivity contribution in [3.8, 4) is 5.75 Å². The van der Waals surface area contributed by atoms with E-state index in [0.717, 1.165) is 43.8 Å². The quantitative estimate of drug-likeness (QED) is 0.531. The van der Waals surface area contributed by atoms with Crippen LogP contribution < -0.4 is 10.6 Å². The number of aromatic hydroxyl groups is 1. The van der Waals surface area contributed by atoms with Crippen LogP contribution in [-0.2, 0) is 11.3 Å². The Labute approximate surface area is 173 Å². The number of benzene rings is 1. The van der Waals surface area contributed by atoms with Gasteiger partial charge >= 0.3 is 6.09 Å². The van der Waals surface area contributed by atoms with Crippen LogP contribution >= 0.6 is 0 Å². The van der Waals surface area contributed by atoms with E-state index in [2.05, 4.69) is 15.6 Å². The second-order valence-corrected chi connectivity index (χ2v) is 8.95. The molecule has 2 atom stereocenters. The number of hydrogen-bond acceptors (Lipinski definition) is 4. The number of piperidine rings is 1. The molecule has 2 fully saturated rings. The maximum Gasteiger partial charge on any atom is 0.410 e. The Kier molecular flexibility index (Phi) is 6.55. The van der Waals surface area contributed by atoms with Gasteiger partial charge in [-0.25, -0.2) is 9.79 Å². The second-order valence-electron chi connectivity index (χ2n) is 8.95. The van der Waals surface area contributed by atoms with Crippen molar-refractivity contribution in [1.82, 2.24) is 15.5 Å². The van der Waals surface area contributed by atoms with Crippen LogP contribution in [0.15, 0.2) is 29.3 Å². The van der Waals surface area contributed by atoms with Gasteiger partial charge < -0.3 is 25.4 Å². The largest absolute Gasteiger partial charge is 0.508 e. The van der Waals surface area contributed by atoms with Crippen LogP contribution in [0.3, 0.4) is 0 Å². The first-order chi connectivity index (χ1) is 13.7. The van der Waals surface area contributed by atoms with Gasteiger partial charge in [0.25, 0.3) is 0 Å². The molecule has 2 bridgehead atoms. The molecule has 1 aromatic rings. The molecule has 1 aromatic carbocycles. The summed E-state index contributed by atoms with van der Waals surface area (Å²) < 4.78 is 5.62. The number of amides is 1. The summed E-state index contributed by atoms with van der Waals surface area (Å²) in [6, 6.07) is 7.83. The number of carbonyl (C=O) groups excluding carboxylic acids is 1. The van der Waals surface area contributed by atoms with E-state index in [1.807, 2.05) is 44.7 Å². The minimum absolute atomic E-state index is 0.184. The minimum Gasteiger partial charge on any atom is -0.508 e. The molecule has 2 heterocycles. The van der Waals surface area contributed by atoms with Crippen molar-refractivity contribution in [2.75, 3.05) is 6.54 Å². The molecule has 0 aromatic heterocycles. The summed E-state index contributed by atoms with van der Waals surface area (Å²) in [7, 11) is 0. The zero-order chi connectivity index (χ0) is 21.0. The number of rotatable bonds is 4. The molecule has 3 rings (SSSR count). The molecule has 7 heteroatoms. The molecule has 2 unspecified atom stereocenters. The Bertz CT molecular complexity index is 713. The third-order valence-electron chi connectivity index (χ3n) is 5.38. The zero-order valence-corrected chi connectivity index (χ0v) is 17.9. The average molecular weight is 403 g/mol. The van der Waals surface area contributed by atoms with Crippen LogP contribution in [0.2, 0.25) is 0 Å². The fraction of sp³-hybridized carbons (Fsp3) is 0.636. The Balaban J connectivity index is 1.60. The highest BCUT2D eigenvalue weighted by Crippen LogP contribution is 2.36. The predicted octanol–water partition coefficient (Wildman–Crippen LogP) is 3.38. The standard InChI is InChI=1S/C22H34N4O3/c1-5-23-20(24-14-15-6-10-19(27)11-7-15)25-16-12-17-8-9-18(13-16)26(17)21(28)29-22(2,3)4/h6-7,10-11,16-18,27H,5,8-9,12-14H2,1-4H3,(H2,23,24,25). The van der Waals surface area contributed by atoms with E-state index in [-0.39, 0.29) is 30.0 Å². The molecule has 0 spiro atoms. The second kappa shape index (κ2) is 8.93. The van der Waals surface area contributed by atoms with Crippen molar-refractivity contribution in [2.24, 2.45) is 4.99 Å². The Morgan fingerprint density at radius 3 is 2.38 bits per heavy atom.